The van der Waals surface area contributed by atoms with Gasteiger partial charge in [-0.05, 0) is 44.9 Å². The fourth-order valence-electron chi connectivity index (χ4n) is 2.96. The summed E-state index contributed by atoms with van der Waals surface area (Å²) in [6.07, 6.45) is 5.15. The van der Waals surface area contributed by atoms with Gasteiger partial charge in [0.2, 0.25) is 0 Å². The summed E-state index contributed by atoms with van der Waals surface area (Å²) in [6, 6.07) is 4.91. The van der Waals surface area contributed by atoms with Crippen LogP contribution in [-0.4, -0.2) is 31.1 Å². The van der Waals surface area contributed by atoms with E-state index in [1.54, 1.807) is 38.4 Å². The van der Waals surface area contributed by atoms with E-state index in [0.717, 1.165) is 5.56 Å². The van der Waals surface area contributed by atoms with Crippen LogP contribution >= 0.6 is 24.2 Å². The fourth-order valence-corrected chi connectivity index (χ4v) is 4.20. The maximum absolute atomic E-state index is 14.3. The van der Waals surface area contributed by atoms with Gasteiger partial charge in [-0.3, -0.25) is 4.99 Å². The van der Waals surface area contributed by atoms with Crippen molar-refractivity contribution in [2.45, 2.75) is 43.6 Å². The molecule has 0 radical (unpaired) electrons. The largest absolute Gasteiger partial charge is 0.389 e. The second-order valence-electron chi connectivity index (χ2n) is 7.01. The van der Waals surface area contributed by atoms with Gasteiger partial charge in [-0.15, -0.1) is 12.4 Å². The molecule has 1 aromatic carbocycles. The molecule has 0 saturated carbocycles. The van der Waals surface area contributed by atoms with Crippen molar-refractivity contribution in [1.82, 2.24) is 9.97 Å². The molecule has 1 aliphatic heterocycles. The molecule has 2 atom stereocenters. The van der Waals surface area contributed by atoms with Crippen LogP contribution in [0, 0.1) is 5.82 Å². The molecule has 8 heteroatoms. The highest BCUT2D eigenvalue weighted by atomic mass is 35.5. The lowest BCUT2D eigenvalue weighted by Crippen LogP contribution is -2.43. The molecule has 0 unspecified atom stereocenters. The van der Waals surface area contributed by atoms with Crippen molar-refractivity contribution in [1.29, 1.82) is 0 Å². The zero-order chi connectivity index (χ0) is 18.2. The maximum atomic E-state index is 14.3. The first-order chi connectivity index (χ1) is 11.7. The lowest BCUT2D eigenvalue weighted by atomic mass is 9.83. The molecular formula is C18H22ClFN4OS. The Bertz CT molecular complexity index is 813. The number of nitrogens with two attached hydrogens (primary N) is 1. The number of rotatable bonds is 3. The second-order valence-corrected chi connectivity index (χ2v) is 8.23. The molecule has 0 saturated heterocycles. The number of halogens is 2. The van der Waals surface area contributed by atoms with E-state index in [1.165, 1.54) is 24.2 Å². The van der Waals surface area contributed by atoms with Gasteiger partial charge >= 0.3 is 0 Å². The first kappa shape index (κ1) is 20.6. The predicted octanol–water partition coefficient (Wildman–Crippen LogP) is 3.51. The van der Waals surface area contributed by atoms with Gasteiger partial charge in [0.1, 0.15) is 12.1 Å². The van der Waals surface area contributed by atoms with E-state index < -0.39 is 11.1 Å². The van der Waals surface area contributed by atoms with Gasteiger partial charge in [0, 0.05) is 28.8 Å². The maximum Gasteiger partial charge on any atom is 0.155 e. The molecule has 0 spiro atoms. The molecular weight excluding hydrogens is 375 g/mol. The van der Waals surface area contributed by atoms with Crippen LogP contribution in [-0.2, 0) is 5.54 Å². The van der Waals surface area contributed by atoms with E-state index in [0.29, 0.717) is 22.7 Å². The summed E-state index contributed by atoms with van der Waals surface area (Å²) in [5, 5.41) is 10.7. The third kappa shape index (κ3) is 4.16. The van der Waals surface area contributed by atoms with E-state index in [-0.39, 0.29) is 23.5 Å². The Hall–Kier alpha value is -1.70. The van der Waals surface area contributed by atoms with Gasteiger partial charge in [-0.25, -0.2) is 14.4 Å². The van der Waals surface area contributed by atoms with Gasteiger partial charge in [-0.1, -0.05) is 17.8 Å². The molecule has 1 aliphatic rings. The van der Waals surface area contributed by atoms with E-state index in [1.807, 2.05) is 6.92 Å². The molecule has 3 N–H and O–H groups in total. The van der Waals surface area contributed by atoms with E-state index in [2.05, 4.69) is 15.0 Å². The topological polar surface area (TPSA) is 84.4 Å². The average molecular weight is 397 g/mol. The summed E-state index contributed by atoms with van der Waals surface area (Å²) in [6.45, 7) is 5.49. The highest BCUT2D eigenvalue weighted by Gasteiger charge is 2.41. The Morgan fingerprint density at radius 1 is 1.31 bits per heavy atom. The van der Waals surface area contributed by atoms with E-state index in [4.69, 9.17) is 5.73 Å². The fraction of sp³-hybridized carbons (Fsp3) is 0.389. The Morgan fingerprint density at radius 3 is 2.58 bits per heavy atom. The van der Waals surface area contributed by atoms with Crippen molar-refractivity contribution < 1.29 is 9.50 Å². The van der Waals surface area contributed by atoms with Crippen LogP contribution in [0.3, 0.4) is 0 Å². The zero-order valence-electron chi connectivity index (χ0n) is 14.8. The van der Waals surface area contributed by atoms with E-state index in [9.17, 15) is 9.50 Å². The van der Waals surface area contributed by atoms with Crippen LogP contribution in [0.2, 0.25) is 0 Å². The first-order valence-electron chi connectivity index (χ1n) is 7.99. The summed E-state index contributed by atoms with van der Waals surface area (Å²) >= 11 is 1.38. The first-order valence-corrected chi connectivity index (χ1v) is 8.87. The monoisotopic (exact) mass is 396 g/mol. The summed E-state index contributed by atoms with van der Waals surface area (Å²) < 4.78 is 14.3. The van der Waals surface area contributed by atoms with Gasteiger partial charge < -0.3 is 10.8 Å². The van der Waals surface area contributed by atoms with Gasteiger partial charge in [0.05, 0.1) is 11.1 Å². The quantitative estimate of drug-likeness (QED) is 0.829. The zero-order valence-corrected chi connectivity index (χ0v) is 16.4. The third-order valence-electron chi connectivity index (χ3n) is 4.45. The van der Waals surface area contributed by atoms with Crippen molar-refractivity contribution >= 4 is 29.3 Å². The van der Waals surface area contributed by atoms with Crippen LogP contribution in [0.4, 0.5) is 4.39 Å². The molecule has 26 heavy (non-hydrogen) atoms. The third-order valence-corrected chi connectivity index (χ3v) is 5.81. The SMILES string of the molecule is CC(C)(O)[C@@H]1C[C@@](C)(c2ccc(F)c(-c3cncnc3)c2)N=C(N)S1.Cl. The summed E-state index contributed by atoms with van der Waals surface area (Å²) in [5.74, 6) is -0.344. The Balaban J connectivity index is 0.00000243. The average Bonchev–Trinajstić information content (AvgIpc) is 2.54. The van der Waals surface area contributed by atoms with Crippen LogP contribution < -0.4 is 5.73 Å². The molecule has 0 fully saturated rings. The van der Waals surface area contributed by atoms with Gasteiger partial charge in [-0.2, -0.15) is 0 Å². The van der Waals surface area contributed by atoms with Gasteiger partial charge in [0.25, 0.3) is 0 Å². The molecule has 5 nitrogen and oxygen atoms in total. The number of nitrogens with zero attached hydrogens (tertiary/aromatic N) is 3. The molecule has 0 amide bonds. The Labute approximate surface area is 162 Å². The number of aliphatic hydroxyl groups is 1. The van der Waals surface area contributed by atoms with E-state index >= 15 is 0 Å². The molecule has 2 aromatic rings. The summed E-state index contributed by atoms with van der Waals surface area (Å²) in [7, 11) is 0. The van der Waals surface area contributed by atoms with Crippen LogP contribution in [0.25, 0.3) is 11.1 Å². The van der Waals surface area contributed by atoms with Crippen LogP contribution in [0.5, 0.6) is 0 Å². The number of thioether (sulfide) groups is 1. The summed E-state index contributed by atoms with van der Waals surface area (Å²) in [5.41, 5.74) is 6.34. The minimum atomic E-state index is -0.900. The Kier molecular flexibility index (Phi) is 5.95. The number of aromatic nitrogens is 2. The highest BCUT2D eigenvalue weighted by Crippen LogP contribution is 2.43. The normalized spacial score (nSPS) is 23.1. The van der Waals surface area contributed by atoms with Crippen LogP contribution in [0.15, 0.2) is 41.9 Å². The van der Waals surface area contributed by atoms with Crippen molar-refractivity contribution in [3.05, 3.63) is 48.3 Å². The van der Waals surface area contributed by atoms with Crippen molar-refractivity contribution in [2.24, 2.45) is 10.7 Å². The predicted molar refractivity (Wildman–Crippen MR) is 106 cm³/mol. The Morgan fingerprint density at radius 2 is 1.96 bits per heavy atom. The molecule has 3 rings (SSSR count). The van der Waals surface area contributed by atoms with Crippen LogP contribution in [0.1, 0.15) is 32.8 Å². The van der Waals surface area contributed by atoms with Crippen molar-refractivity contribution in [2.75, 3.05) is 0 Å². The lowest BCUT2D eigenvalue weighted by Gasteiger charge is -2.39. The standard InChI is InChI=1S/C18H21FN4OS.ClH/c1-17(2,24)15-7-18(3,23-16(20)25-15)12-4-5-14(19)13(6-12)11-8-21-10-22-9-11;/h4-6,8-10,15,24H,7H2,1-3H3,(H2,20,23);1H/t15-,18-;/m0./s1. The number of amidine groups is 1. The number of benzene rings is 1. The second kappa shape index (κ2) is 7.50. The molecule has 0 bridgehead atoms. The summed E-state index contributed by atoms with van der Waals surface area (Å²) in [4.78, 5) is 12.5. The van der Waals surface area contributed by atoms with Crippen molar-refractivity contribution in [3.63, 3.8) is 0 Å². The molecule has 0 aliphatic carbocycles. The lowest BCUT2D eigenvalue weighted by molar-refractivity contribution is 0.0686. The minimum absolute atomic E-state index is 0. The minimum Gasteiger partial charge on any atom is -0.389 e. The number of hydrogen-bond acceptors (Lipinski definition) is 6. The highest BCUT2D eigenvalue weighted by molar-refractivity contribution is 8.14. The molecule has 1 aromatic heterocycles. The number of hydrogen-bond donors (Lipinski definition) is 2. The van der Waals surface area contributed by atoms with Gasteiger partial charge in [0.15, 0.2) is 5.17 Å². The van der Waals surface area contributed by atoms with Crippen molar-refractivity contribution in [3.8, 4) is 11.1 Å². The number of aliphatic imine (C=N–C) groups is 1. The smallest absolute Gasteiger partial charge is 0.155 e. The molecule has 140 valence electrons. The molecule has 2 heterocycles.